The zero-order valence-electron chi connectivity index (χ0n) is 5.49. The molecule has 1 nitrogen and oxygen atoms in total. The number of hydrogen-bond donors (Lipinski definition) is 0. The third kappa shape index (κ3) is 1.85. The van der Waals surface area contributed by atoms with Gasteiger partial charge in [0.05, 0.1) is 11.2 Å². The summed E-state index contributed by atoms with van der Waals surface area (Å²) in [6.45, 7) is 0. The smallest absolute Gasteiger partial charge is 0.247 e. The molecule has 0 spiro atoms. The highest BCUT2D eigenvalue weighted by Gasteiger charge is 2.35. The third-order valence-corrected chi connectivity index (χ3v) is 1.36. The average Bonchev–Trinajstić information content (AvgIpc) is 1.83. The molecule has 0 aliphatic rings. The van der Waals surface area contributed by atoms with E-state index in [0.717, 1.165) is 0 Å². The fourth-order valence-electron chi connectivity index (χ4n) is 0.623. The highest BCUT2D eigenvalue weighted by atomic mass is 35.5. The van der Waals surface area contributed by atoms with E-state index in [9.17, 15) is 17.6 Å². The van der Waals surface area contributed by atoms with Crippen molar-refractivity contribution in [3.05, 3.63) is 28.8 Å². The molecule has 66 valence electrons. The third-order valence-electron chi connectivity index (χ3n) is 1.08. The minimum atomic E-state index is -4.63. The molecule has 0 atom stereocenters. The lowest BCUT2D eigenvalue weighted by molar-refractivity contribution is -0.141. The Labute approximate surface area is 70.0 Å². The highest BCUT2D eigenvalue weighted by Crippen LogP contribution is 2.32. The second kappa shape index (κ2) is 2.90. The van der Waals surface area contributed by atoms with Crippen LogP contribution in [0.4, 0.5) is 17.6 Å². The van der Waals surface area contributed by atoms with E-state index < -0.39 is 22.7 Å². The maximum atomic E-state index is 12.2. The number of halogens is 5. The molecule has 0 bridgehead atoms. The Balaban J connectivity index is 3.19. The molecule has 0 unspecified atom stereocenters. The summed E-state index contributed by atoms with van der Waals surface area (Å²) in [6.07, 6.45) is -4.17. The summed E-state index contributed by atoms with van der Waals surface area (Å²) >= 11 is 5.09. The van der Waals surface area contributed by atoms with E-state index in [1.54, 1.807) is 0 Å². The standard InChI is InChI=1S/C6H2ClF4N/c7-4-1-3(8)2-12-5(4)6(9,10)11/h1-2H. The summed E-state index contributed by atoms with van der Waals surface area (Å²) in [4.78, 5) is 2.82. The van der Waals surface area contributed by atoms with Crippen LogP contribution in [0.5, 0.6) is 0 Å². The lowest BCUT2D eigenvalue weighted by atomic mass is 10.3. The van der Waals surface area contributed by atoms with E-state index in [-0.39, 0.29) is 0 Å². The van der Waals surface area contributed by atoms with Crippen LogP contribution in [0.15, 0.2) is 12.3 Å². The Morgan fingerprint density at radius 3 is 2.33 bits per heavy atom. The van der Waals surface area contributed by atoms with Crippen LogP contribution in [0.1, 0.15) is 5.69 Å². The van der Waals surface area contributed by atoms with Gasteiger partial charge >= 0.3 is 6.18 Å². The first-order chi connectivity index (χ1) is 5.41. The van der Waals surface area contributed by atoms with Crippen molar-refractivity contribution >= 4 is 11.6 Å². The van der Waals surface area contributed by atoms with Gasteiger partial charge in [0.2, 0.25) is 0 Å². The summed E-state index contributed by atoms with van der Waals surface area (Å²) in [5.41, 5.74) is -1.27. The monoisotopic (exact) mass is 199 g/mol. The summed E-state index contributed by atoms with van der Waals surface area (Å²) in [7, 11) is 0. The Kier molecular flexibility index (Phi) is 2.23. The Hall–Kier alpha value is -0.840. The van der Waals surface area contributed by atoms with E-state index in [4.69, 9.17) is 11.6 Å². The topological polar surface area (TPSA) is 12.9 Å². The van der Waals surface area contributed by atoms with Crippen LogP contribution in [0.2, 0.25) is 5.02 Å². The van der Waals surface area contributed by atoms with Gasteiger partial charge in [-0.2, -0.15) is 13.2 Å². The van der Waals surface area contributed by atoms with Crippen molar-refractivity contribution in [1.82, 2.24) is 4.98 Å². The van der Waals surface area contributed by atoms with Crippen LogP contribution in [0, 0.1) is 5.82 Å². The van der Waals surface area contributed by atoms with E-state index in [1.165, 1.54) is 0 Å². The van der Waals surface area contributed by atoms with Gasteiger partial charge in [-0.15, -0.1) is 0 Å². The maximum Gasteiger partial charge on any atom is 0.434 e. The molecule has 0 aliphatic carbocycles. The van der Waals surface area contributed by atoms with Crippen molar-refractivity contribution in [1.29, 1.82) is 0 Å². The predicted octanol–water partition coefficient (Wildman–Crippen LogP) is 2.89. The predicted molar refractivity (Wildman–Crippen MR) is 34.2 cm³/mol. The molecule has 1 heterocycles. The lowest BCUT2D eigenvalue weighted by Crippen LogP contribution is -2.08. The van der Waals surface area contributed by atoms with Crippen molar-refractivity contribution in [2.24, 2.45) is 0 Å². The number of aromatic nitrogens is 1. The summed E-state index contributed by atoms with van der Waals surface area (Å²) in [6, 6.07) is 0.567. The van der Waals surface area contributed by atoms with E-state index in [1.807, 2.05) is 0 Å². The van der Waals surface area contributed by atoms with Crippen LogP contribution < -0.4 is 0 Å². The summed E-state index contributed by atoms with van der Waals surface area (Å²) in [5, 5.41) is -0.734. The zero-order valence-corrected chi connectivity index (χ0v) is 6.25. The van der Waals surface area contributed by atoms with E-state index in [0.29, 0.717) is 12.3 Å². The van der Waals surface area contributed by atoms with Crippen LogP contribution in [0.3, 0.4) is 0 Å². The molecular weight excluding hydrogens is 198 g/mol. The minimum absolute atomic E-state index is 0.467. The van der Waals surface area contributed by atoms with E-state index in [2.05, 4.69) is 4.98 Å². The first kappa shape index (κ1) is 9.25. The SMILES string of the molecule is Fc1cnc(C(F)(F)F)c(Cl)c1. The van der Waals surface area contributed by atoms with Gasteiger partial charge in [0, 0.05) is 0 Å². The quantitative estimate of drug-likeness (QED) is 0.586. The first-order valence-corrected chi connectivity index (χ1v) is 3.17. The molecule has 12 heavy (non-hydrogen) atoms. The lowest BCUT2D eigenvalue weighted by Gasteiger charge is -2.06. The fourth-order valence-corrected chi connectivity index (χ4v) is 0.883. The van der Waals surface area contributed by atoms with E-state index >= 15 is 0 Å². The van der Waals surface area contributed by atoms with Gasteiger partial charge in [-0.25, -0.2) is 9.37 Å². The van der Waals surface area contributed by atoms with Gasteiger partial charge in [-0.05, 0) is 6.07 Å². The number of pyridine rings is 1. The zero-order chi connectivity index (χ0) is 9.35. The number of nitrogens with zero attached hydrogens (tertiary/aromatic N) is 1. The number of hydrogen-bond acceptors (Lipinski definition) is 1. The molecule has 6 heteroatoms. The van der Waals surface area contributed by atoms with Gasteiger partial charge < -0.3 is 0 Å². The van der Waals surface area contributed by atoms with Crippen molar-refractivity contribution in [2.45, 2.75) is 6.18 Å². The van der Waals surface area contributed by atoms with Crippen molar-refractivity contribution in [3.63, 3.8) is 0 Å². The molecule has 0 saturated heterocycles. The normalized spacial score (nSPS) is 11.8. The molecule has 0 saturated carbocycles. The van der Waals surface area contributed by atoms with Gasteiger partial charge in [0.1, 0.15) is 5.82 Å². The van der Waals surface area contributed by atoms with Gasteiger partial charge in [-0.3, -0.25) is 0 Å². The molecule has 0 N–H and O–H groups in total. The average molecular weight is 200 g/mol. The molecule has 0 aromatic carbocycles. The maximum absolute atomic E-state index is 12.2. The Morgan fingerprint density at radius 1 is 1.33 bits per heavy atom. The Bertz CT molecular complexity index is 296. The minimum Gasteiger partial charge on any atom is -0.247 e. The molecule has 1 aromatic heterocycles. The van der Waals surface area contributed by atoms with Crippen LogP contribution in [0.25, 0.3) is 0 Å². The van der Waals surface area contributed by atoms with Gasteiger partial charge in [0.25, 0.3) is 0 Å². The highest BCUT2D eigenvalue weighted by molar-refractivity contribution is 6.31. The summed E-state index contributed by atoms with van der Waals surface area (Å²) in [5.74, 6) is -0.895. The van der Waals surface area contributed by atoms with Gasteiger partial charge in [-0.1, -0.05) is 11.6 Å². The fraction of sp³-hybridized carbons (Fsp3) is 0.167. The molecule has 1 aromatic rings. The van der Waals surface area contributed by atoms with Crippen LogP contribution >= 0.6 is 11.6 Å². The molecule has 0 radical (unpaired) electrons. The second-order valence-electron chi connectivity index (χ2n) is 1.98. The van der Waals surface area contributed by atoms with Crippen molar-refractivity contribution in [3.8, 4) is 0 Å². The Morgan fingerprint density at radius 2 is 1.92 bits per heavy atom. The molecule has 0 amide bonds. The van der Waals surface area contributed by atoms with Gasteiger partial charge in [0.15, 0.2) is 5.69 Å². The molecule has 0 aliphatic heterocycles. The number of alkyl halides is 3. The summed E-state index contributed by atoms with van der Waals surface area (Å²) < 4.78 is 48.0. The van der Waals surface area contributed by atoms with Crippen LogP contribution in [-0.2, 0) is 6.18 Å². The molecule has 0 fully saturated rings. The largest absolute Gasteiger partial charge is 0.434 e. The number of rotatable bonds is 0. The second-order valence-corrected chi connectivity index (χ2v) is 2.39. The van der Waals surface area contributed by atoms with Crippen molar-refractivity contribution in [2.75, 3.05) is 0 Å². The first-order valence-electron chi connectivity index (χ1n) is 2.79. The van der Waals surface area contributed by atoms with Crippen LogP contribution in [-0.4, -0.2) is 4.98 Å². The molecule has 1 rings (SSSR count). The molecular formula is C6H2ClF4N. The van der Waals surface area contributed by atoms with Crippen molar-refractivity contribution < 1.29 is 17.6 Å².